The zero-order valence-corrected chi connectivity index (χ0v) is 11.9. The molecule has 0 amide bonds. The Kier molecular flexibility index (Phi) is 3.59. The van der Waals surface area contributed by atoms with Gasteiger partial charge in [-0.1, -0.05) is 18.9 Å². The summed E-state index contributed by atoms with van der Waals surface area (Å²) in [6, 6.07) is 4.37. The molecule has 1 unspecified atom stereocenters. The number of aryl methyl sites for hydroxylation is 1. The van der Waals surface area contributed by atoms with Crippen molar-refractivity contribution >= 4 is 0 Å². The van der Waals surface area contributed by atoms with Gasteiger partial charge in [0.1, 0.15) is 0 Å². The first kappa shape index (κ1) is 13.1. The van der Waals surface area contributed by atoms with Crippen molar-refractivity contribution < 1.29 is 0 Å². The summed E-state index contributed by atoms with van der Waals surface area (Å²) in [7, 11) is 0. The predicted octanol–water partition coefficient (Wildman–Crippen LogP) is 2.80. The summed E-state index contributed by atoms with van der Waals surface area (Å²) >= 11 is 0. The normalized spacial score (nSPS) is 24.7. The Morgan fingerprint density at radius 3 is 2.42 bits per heavy atom. The van der Waals surface area contributed by atoms with Crippen molar-refractivity contribution in [2.75, 3.05) is 13.1 Å². The lowest BCUT2D eigenvalue weighted by molar-refractivity contribution is 0.0920. The molecule has 1 atom stereocenters. The van der Waals surface area contributed by atoms with Crippen molar-refractivity contribution in [1.29, 1.82) is 0 Å². The minimum Gasteiger partial charge on any atom is -0.322 e. The molecular formula is C16H25N3. The Hall–Kier alpha value is -0.930. The lowest BCUT2D eigenvalue weighted by Crippen LogP contribution is -2.52. The summed E-state index contributed by atoms with van der Waals surface area (Å²) < 4.78 is 0. The van der Waals surface area contributed by atoms with Gasteiger partial charge in [0, 0.05) is 23.5 Å². The number of hydrogen-bond acceptors (Lipinski definition) is 3. The highest BCUT2D eigenvalue weighted by atomic mass is 15.2. The van der Waals surface area contributed by atoms with Crippen molar-refractivity contribution in [2.45, 2.75) is 57.0 Å². The van der Waals surface area contributed by atoms with E-state index in [-0.39, 0.29) is 11.6 Å². The van der Waals surface area contributed by atoms with Crippen LogP contribution >= 0.6 is 0 Å². The first-order chi connectivity index (χ1) is 9.22. The van der Waals surface area contributed by atoms with Crippen LogP contribution in [0.15, 0.2) is 18.3 Å². The largest absolute Gasteiger partial charge is 0.322 e. The number of aromatic nitrogens is 1. The van der Waals surface area contributed by atoms with Crippen LogP contribution in [-0.2, 0) is 0 Å². The molecule has 0 spiro atoms. The minimum absolute atomic E-state index is 0.112. The smallest absolute Gasteiger partial charge is 0.0497 e. The third-order valence-corrected chi connectivity index (χ3v) is 5.08. The molecule has 19 heavy (non-hydrogen) atoms. The molecule has 1 aliphatic heterocycles. The van der Waals surface area contributed by atoms with E-state index in [9.17, 15) is 0 Å². The van der Waals surface area contributed by atoms with Gasteiger partial charge in [-0.25, -0.2) is 0 Å². The number of nitrogens with zero attached hydrogens (tertiary/aromatic N) is 2. The number of likely N-dealkylation sites (tertiary alicyclic amines) is 1. The zero-order valence-electron chi connectivity index (χ0n) is 11.9. The van der Waals surface area contributed by atoms with E-state index in [4.69, 9.17) is 5.73 Å². The molecule has 3 heteroatoms. The molecule has 0 bridgehead atoms. The first-order valence-electron chi connectivity index (χ1n) is 7.66. The van der Waals surface area contributed by atoms with Crippen molar-refractivity contribution in [2.24, 2.45) is 5.73 Å². The van der Waals surface area contributed by atoms with E-state index in [0.29, 0.717) is 0 Å². The zero-order chi connectivity index (χ0) is 13.3. The van der Waals surface area contributed by atoms with Gasteiger partial charge < -0.3 is 5.73 Å². The van der Waals surface area contributed by atoms with E-state index in [1.807, 2.05) is 13.1 Å². The van der Waals surface area contributed by atoms with Crippen LogP contribution in [0, 0.1) is 6.92 Å². The van der Waals surface area contributed by atoms with Crippen LogP contribution in [0.4, 0.5) is 0 Å². The van der Waals surface area contributed by atoms with Crippen molar-refractivity contribution in [1.82, 2.24) is 9.88 Å². The van der Waals surface area contributed by atoms with Gasteiger partial charge in [-0.3, -0.25) is 9.88 Å². The second kappa shape index (κ2) is 5.22. The van der Waals surface area contributed by atoms with Crippen molar-refractivity contribution in [3.05, 3.63) is 29.6 Å². The van der Waals surface area contributed by atoms with E-state index in [1.54, 1.807) is 0 Å². The summed E-state index contributed by atoms with van der Waals surface area (Å²) in [5.74, 6) is 0. The van der Waals surface area contributed by atoms with Gasteiger partial charge in [0.25, 0.3) is 0 Å². The molecule has 104 valence electrons. The lowest BCUT2D eigenvalue weighted by atomic mass is 9.83. The molecule has 1 saturated carbocycles. The third-order valence-electron chi connectivity index (χ3n) is 5.08. The maximum absolute atomic E-state index is 6.68. The molecule has 1 saturated heterocycles. The van der Waals surface area contributed by atoms with Gasteiger partial charge in [-0.2, -0.15) is 0 Å². The van der Waals surface area contributed by atoms with Crippen LogP contribution in [-0.4, -0.2) is 28.5 Å². The van der Waals surface area contributed by atoms with Crippen LogP contribution in [0.25, 0.3) is 0 Å². The van der Waals surface area contributed by atoms with Gasteiger partial charge in [-0.05, 0) is 57.3 Å². The summed E-state index contributed by atoms with van der Waals surface area (Å²) in [4.78, 5) is 7.10. The SMILES string of the molecule is Cc1ccc(C(N)C2(N3CCCC3)CCCC2)cn1. The number of rotatable bonds is 3. The van der Waals surface area contributed by atoms with Gasteiger partial charge >= 0.3 is 0 Å². The average molecular weight is 259 g/mol. The Balaban J connectivity index is 1.88. The Labute approximate surface area is 116 Å². The van der Waals surface area contributed by atoms with Crippen LogP contribution in [0.3, 0.4) is 0 Å². The molecule has 0 aromatic carbocycles. The average Bonchev–Trinajstić information content (AvgIpc) is 3.10. The molecule has 0 radical (unpaired) electrons. The van der Waals surface area contributed by atoms with Gasteiger partial charge in [0.15, 0.2) is 0 Å². The molecule has 3 rings (SSSR count). The molecule has 2 aliphatic rings. The highest BCUT2D eigenvalue weighted by molar-refractivity contribution is 5.23. The fraction of sp³-hybridized carbons (Fsp3) is 0.688. The van der Waals surface area contributed by atoms with Crippen LogP contribution in [0.2, 0.25) is 0 Å². The molecule has 3 nitrogen and oxygen atoms in total. The summed E-state index contributed by atoms with van der Waals surface area (Å²) in [5, 5.41) is 0. The van der Waals surface area contributed by atoms with Gasteiger partial charge in [0.2, 0.25) is 0 Å². The third kappa shape index (κ3) is 2.30. The highest BCUT2D eigenvalue weighted by Crippen LogP contribution is 2.44. The fourth-order valence-corrected chi connectivity index (χ4v) is 3.95. The minimum atomic E-state index is 0.112. The predicted molar refractivity (Wildman–Crippen MR) is 77.9 cm³/mol. The maximum Gasteiger partial charge on any atom is 0.0497 e. The molecular weight excluding hydrogens is 234 g/mol. The lowest BCUT2D eigenvalue weighted by Gasteiger charge is -2.43. The van der Waals surface area contributed by atoms with Crippen molar-refractivity contribution in [3.63, 3.8) is 0 Å². The van der Waals surface area contributed by atoms with Crippen LogP contribution < -0.4 is 5.73 Å². The van der Waals surface area contributed by atoms with Crippen LogP contribution in [0.1, 0.15) is 55.8 Å². The number of pyridine rings is 1. The highest BCUT2D eigenvalue weighted by Gasteiger charge is 2.45. The maximum atomic E-state index is 6.68. The summed E-state index contributed by atoms with van der Waals surface area (Å²) in [6.07, 6.45) is 9.80. The first-order valence-corrected chi connectivity index (χ1v) is 7.66. The second-order valence-corrected chi connectivity index (χ2v) is 6.22. The molecule has 2 heterocycles. The molecule has 2 N–H and O–H groups in total. The quantitative estimate of drug-likeness (QED) is 0.907. The van der Waals surface area contributed by atoms with Gasteiger partial charge in [-0.15, -0.1) is 0 Å². The standard InChI is InChI=1S/C16H25N3/c1-13-6-7-14(12-18-13)15(17)16(8-2-3-9-16)19-10-4-5-11-19/h6-7,12,15H,2-5,8-11,17H2,1H3. The molecule has 1 aromatic heterocycles. The van der Waals surface area contributed by atoms with Crippen LogP contribution in [0.5, 0.6) is 0 Å². The molecule has 1 aromatic rings. The molecule has 2 fully saturated rings. The summed E-state index contributed by atoms with van der Waals surface area (Å²) in [6.45, 7) is 4.49. The Bertz CT molecular complexity index is 414. The fourth-order valence-electron chi connectivity index (χ4n) is 3.95. The Morgan fingerprint density at radius 2 is 1.84 bits per heavy atom. The Morgan fingerprint density at radius 1 is 1.16 bits per heavy atom. The topological polar surface area (TPSA) is 42.1 Å². The van der Waals surface area contributed by atoms with E-state index >= 15 is 0 Å². The number of nitrogens with two attached hydrogens (primary N) is 1. The van der Waals surface area contributed by atoms with E-state index in [0.717, 1.165) is 5.69 Å². The van der Waals surface area contributed by atoms with Crippen molar-refractivity contribution in [3.8, 4) is 0 Å². The number of hydrogen-bond donors (Lipinski definition) is 1. The second-order valence-electron chi connectivity index (χ2n) is 6.22. The van der Waals surface area contributed by atoms with E-state index in [2.05, 4.69) is 22.0 Å². The van der Waals surface area contributed by atoms with E-state index < -0.39 is 0 Å². The summed E-state index contributed by atoms with van der Waals surface area (Å²) in [5.41, 5.74) is 9.16. The molecule has 1 aliphatic carbocycles. The van der Waals surface area contributed by atoms with Gasteiger partial charge in [0.05, 0.1) is 0 Å². The van der Waals surface area contributed by atoms with E-state index in [1.165, 1.54) is 57.2 Å². The monoisotopic (exact) mass is 259 g/mol.